The predicted octanol–water partition coefficient (Wildman–Crippen LogP) is 4.04. The van der Waals surface area contributed by atoms with E-state index in [1.54, 1.807) is 7.11 Å². The lowest BCUT2D eigenvalue weighted by atomic mass is 10.0. The molecule has 1 heterocycles. The van der Waals surface area contributed by atoms with Crippen molar-refractivity contribution in [3.05, 3.63) is 52.2 Å². The van der Waals surface area contributed by atoms with Gasteiger partial charge in [-0.05, 0) is 30.5 Å². The van der Waals surface area contributed by atoms with Gasteiger partial charge >= 0.3 is 0 Å². The third-order valence-electron chi connectivity index (χ3n) is 3.14. The lowest BCUT2D eigenvalue weighted by molar-refractivity contribution is 0.398. The fourth-order valence-electron chi connectivity index (χ4n) is 2.19. The normalized spacial score (nSPS) is 12.3. The second-order valence-electron chi connectivity index (χ2n) is 4.53. The van der Waals surface area contributed by atoms with E-state index in [0.717, 1.165) is 25.1 Å². The summed E-state index contributed by atoms with van der Waals surface area (Å²) in [5, 5.41) is 5.76. The second kappa shape index (κ2) is 7.31. The number of hydrogen-bond acceptors (Lipinski definition) is 3. The van der Waals surface area contributed by atoms with Crippen molar-refractivity contribution in [2.45, 2.75) is 25.8 Å². The second-order valence-corrected chi connectivity index (χ2v) is 5.56. The van der Waals surface area contributed by atoms with Crippen molar-refractivity contribution in [1.82, 2.24) is 5.32 Å². The number of para-hydroxylation sites is 1. The molecule has 2 nitrogen and oxygen atoms in total. The maximum absolute atomic E-state index is 5.49. The summed E-state index contributed by atoms with van der Waals surface area (Å²) in [6, 6.07) is 12.9. The molecular formula is C16H21NOS. The van der Waals surface area contributed by atoms with Crippen LogP contribution in [0, 0.1) is 0 Å². The highest BCUT2D eigenvalue weighted by Crippen LogP contribution is 2.28. The van der Waals surface area contributed by atoms with Crippen LogP contribution >= 0.6 is 11.3 Å². The van der Waals surface area contributed by atoms with Gasteiger partial charge in [-0.25, -0.2) is 0 Å². The summed E-state index contributed by atoms with van der Waals surface area (Å²) in [5.41, 5.74) is 1.24. The highest BCUT2D eigenvalue weighted by Gasteiger charge is 2.16. The third-order valence-corrected chi connectivity index (χ3v) is 4.04. The average Bonchev–Trinajstić information content (AvgIpc) is 2.96. The SMILES string of the molecule is CCCNC(Cc1cccs1)c1ccccc1OC. The van der Waals surface area contributed by atoms with Gasteiger partial charge in [-0.3, -0.25) is 0 Å². The van der Waals surface area contributed by atoms with Gasteiger partial charge in [0, 0.05) is 22.9 Å². The Bertz CT molecular complexity index is 481. The van der Waals surface area contributed by atoms with Crippen LogP contribution in [0.15, 0.2) is 41.8 Å². The molecule has 1 atom stereocenters. The van der Waals surface area contributed by atoms with E-state index in [0.29, 0.717) is 6.04 Å². The van der Waals surface area contributed by atoms with Crippen LogP contribution in [0.25, 0.3) is 0 Å². The molecule has 0 fully saturated rings. The summed E-state index contributed by atoms with van der Waals surface area (Å²) >= 11 is 1.81. The fraction of sp³-hybridized carbons (Fsp3) is 0.375. The van der Waals surface area contributed by atoms with E-state index in [4.69, 9.17) is 4.74 Å². The molecule has 0 bridgehead atoms. The molecule has 19 heavy (non-hydrogen) atoms. The smallest absolute Gasteiger partial charge is 0.123 e. The van der Waals surface area contributed by atoms with Crippen LogP contribution in [0.1, 0.15) is 29.8 Å². The van der Waals surface area contributed by atoms with Crippen molar-refractivity contribution in [3.8, 4) is 5.75 Å². The molecule has 102 valence electrons. The molecule has 1 aromatic carbocycles. The molecule has 0 aliphatic carbocycles. The zero-order chi connectivity index (χ0) is 13.5. The number of methoxy groups -OCH3 is 1. The van der Waals surface area contributed by atoms with Gasteiger partial charge in [0.15, 0.2) is 0 Å². The fourth-order valence-corrected chi connectivity index (χ4v) is 2.95. The maximum atomic E-state index is 5.49. The van der Waals surface area contributed by atoms with Crippen LogP contribution in [0.4, 0.5) is 0 Å². The molecule has 2 aromatic rings. The summed E-state index contributed by atoms with van der Waals surface area (Å²) in [6.07, 6.45) is 2.15. The Kier molecular flexibility index (Phi) is 5.43. The van der Waals surface area contributed by atoms with E-state index in [2.05, 4.69) is 41.9 Å². The molecule has 2 rings (SSSR count). The van der Waals surface area contributed by atoms with Crippen molar-refractivity contribution in [2.75, 3.05) is 13.7 Å². The van der Waals surface area contributed by atoms with Crippen molar-refractivity contribution in [2.24, 2.45) is 0 Å². The van der Waals surface area contributed by atoms with Crippen LogP contribution in [0.2, 0.25) is 0 Å². The first-order valence-electron chi connectivity index (χ1n) is 6.73. The minimum atomic E-state index is 0.315. The molecule has 0 radical (unpaired) electrons. The van der Waals surface area contributed by atoms with Crippen LogP contribution < -0.4 is 10.1 Å². The van der Waals surface area contributed by atoms with Crippen LogP contribution in [0.5, 0.6) is 5.75 Å². The standard InChI is InChI=1S/C16H21NOS/c1-3-10-17-15(12-13-7-6-11-19-13)14-8-4-5-9-16(14)18-2/h4-9,11,15,17H,3,10,12H2,1-2H3. The summed E-state index contributed by atoms with van der Waals surface area (Å²) in [4.78, 5) is 1.40. The van der Waals surface area contributed by atoms with Gasteiger partial charge in [0.25, 0.3) is 0 Å². The van der Waals surface area contributed by atoms with E-state index in [1.807, 2.05) is 23.5 Å². The van der Waals surface area contributed by atoms with Crippen molar-refractivity contribution >= 4 is 11.3 Å². The van der Waals surface area contributed by atoms with Gasteiger partial charge in [-0.15, -0.1) is 11.3 Å². The lowest BCUT2D eigenvalue weighted by Gasteiger charge is -2.20. The highest BCUT2D eigenvalue weighted by molar-refractivity contribution is 7.09. The van der Waals surface area contributed by atoms with E-state index < -0.39 is 0 Å². The van der Waals surface area contributed by atoms with E-state index in [1.165, 1.54) is 10.4 Å². The maximum Gasteiger partial charge on any atom is 0.123 e. The minimum Gasteiger partial charge on any atom is -0.496 e. The monoisotopic (exact) mass is 275 g/mol. The molecule has 0 amide bonds. The molecule has 1 aromatic heterocycles. The van der Waals surface area contributed by atoms with E-state index in [-0.39, 0.29) is 0 Å². The highest BCUT2D eigenvalue weighted by atomic mass is 32.1. The number of thiophene rings is 1. The Morgan fingerprint density at radius 1 is 1.21 bits per heavy atom. The zero-order valence-corrected chi connectivity index (χ0v) is 12.4. The van der Waals surface area contributed by atoms with E-state index in [9.17, 15) is 0 Å². The topological polar surface area (TPSA) is 21.3 Å². The van der Waals surface area contributed by atoms with Gasteiger partial charge in [-0.1, -0.05) is 31.2 Å². The number of nitrogens with one attached hydrogen (secondary N) is 1. The molecule has 0 aliphatic rings. The zero-order valence-electron chi connectivity index (χ0n) is 11.6. The Morgan fingerprint density at radius 3 is 2.74 bits per heavy atom. The number of hydrogen-bond donors (Lipinski definition) is 1. The molecule has 1 N–H and O–H groups in total. The molecule has 1 unspecified atom stereocenters. The predicted molar refractivity (Wildman–Crippen MR) is 82.1 cm³/mol. The van der Waals surface area contributed by atoms with Crippen LogP contribution in [-0.2, 0) is 6.42 Å². The minimum absolute atomic E-state index is 0.315. The molecule has 0 saturated carbocycles. The van der Waals surface area contributed by atoms with Gasteiger partial charge in [0.1, 0.15) is 5.75 Å². The van der Waals surface area contributed by atoms with Crippen molar-refractivity contribution in [1.29, 1.82) is 0 Å². The molecule has 3 heteroatoms. The number of ether oxygens (including phenoxy) is 1. The molecule has 0 aliphatic heterocycles. The van der Waals surface area contributed by atoms with Crippen molar-refractivity contribution < 1.29 is 4.74 Å². The van der Waals surface area contributed by atoms with Crippen LogP contribution in [-0.4, -0.2) is 13.7 Å². The molecule has 0 saturated heterocycles. The van der Waals surface area contributed by atoms with Crippen molar-refractivity contribution in [3.63, 3.8) is 0 Å². The largest absolute Gasteiger partial charge is 0.496 e. The summed E-state index contributed by atoms with van der Waals surface area (Å²) in [5.74, 6) is 0.965. The van der Waals surface area contributed by atoms with Gasteiger partial charge in [-0.2, -0.15) is 0 Å². The molecule has 0 spiro atoms. The first-order valence-corrected chi connectivity index (χ1v) is 7.61. The first-order chi connectivity index (χ1) is 9.35. The average molecular weight is 275 g/mol. The van der Waals surface area contributed by atoms with Gasteiger partial charge in [0.2, 0.25) is 0 Å². The first kappa shape index (κ1) is 14.1. The third kappa shape index (κ3) is 3.82. The summed E-state index contributed by atoms with van der Waals surface area (Å²) in [7, 11) is 1.74. The summed E-state index contributed by atoms with van der Waals surface area (Å²) in [6.45, 7) is 3.21. The van der Waals surface area contributed by atoms with Gasteiger partial charge < -0.3 is 10.1 Å². The Morgan fingerprint density at radius 2 is 2.05 bits per heavy atom. The Hall–Kier alpha value is -1.32. The lowest BCUT2D eigenvalue weighted by Crippen LogP contribution is -2.24. The Labute approximate surface area is 119 Å². The molecular weight excluding hydrogens is 254 g/mol. The quantitative estimate of drug-likeness (QED) is 0.823. The van der Waals surface area contributed by atoms with E-state index >= 15 is 0 Å². The number of rotatable bonds is 7. The van der Waals surface area contributed by atoms with Crippen LogP contribution in [0.3, 0.4) is 0 Å². The Balaban J connectivity index is 2.20. The van der Waals surface area contributed by atoms with Gasteiger partial charge in [0.05, 0.1) is 7.11 Å². The number of benzene rings is 1. The summed E-state index contributed by atoms with van der Waals surface area (Å²) < 4.78 is 5.49.